The predicted molar refractivity (Wildman–Crippen MR) is 208 cm³/mol. The highest BCUT2D eigenvalue weighted by Gasteiger charge is 2.36. The van der Waals surface area contributed by atoms with E-state index in [2.05, 4.69) is 183 Å². The maximum atomic E-state index is 6.64. The minimum atomic E-state index is 0.183. The van der Waals surface area contributed by atoms with Crippen molar-refractivity contribution < 1.29 is 4.42 Å². The number of hydrogen-bond donors (Lipinski definition) is 0. The first kappa shape index (κ1) is 29.0. The van der Waals surface area contributed by atoms with Crippen molar-refractivity contribution in [2.24, 2.45) is 11.8 Å². The number of furan rings is 1. The molecule has 4 aliphatic rings. The molecule has 238 valence electrons. The topological polar surface area (TPSA) is 13.1 Å². The van der Waals surface area contributed by atoms with Crippen molar-refractivity contribution in [3.05, 3.63) is 215 Å². The highest BCUT2D eigenvalue weighted by atomic mass is 16.3. The second kappa shape index (κ2) is 11.6. The number of fused-ring (bicyclic) bond motifs is 6. The van der Waals surface area contributed by atoms with Gasteiger partial charge in [0.05, 0.1) is 0 Å². The molecule has 1 nitrogen and oxygen atoms in total. The Morgan fingerprint density at radius 2 is 1.28 bits per heavy atom. The van der Waals surface area contributed by atoms with E-state index in [-0.39, 0.29) is 17.8 Å². The van der Waals surface area contributed by atoms with E-state index >= 15 is 0 Å². The van der Waals surface area contributed by atoms with Gasteiger partial charge in [0.25, 0.3) is 0 Å². The molecule has 5 aromatic carbocycles. The molecule has 10 rings (SSSR count). The van der Waals surface area contributed by atoms with Crippen LogP contribution in [0.3, 0.4) is 0 Å². The average molecular weight is 641 g/mol. The Morgan fingerprint density at radius 1 is 0.560 bits per heavy atom. The summed E-state index contributed by atoms with van der Waals surface area (Å²) in [5, 5.41) is 1.21. The molecule has 3 unspecified atom stereocenters. The van der Waals surface area contributed by atoms with Crippen LogP contribution >= 0.6 is 0 Å². The molecule has 1 heteroatoms. The summed E-state index contributed by atoms with van der Waals surface area (Å²) in [5.74, 6) is 2.14. The van der Waals surface area contributed by atoms with E-state index in [4.69, 9.17) is 4.42 Å². The quantitative estimate of drug-likeness (QED) is 0.187. The standard InChI is InChI=1S/C49H36O/c1-31-38-21-6-5-16-35(38)30-44-48-39(26-13-27-45(48)50-49(31)44)34-18-12-20-37(29-34)47-42-24-9-7-22-40(42)46(41-23-8-10-25-43(41)47)36-19-11-17-33(28-36)32-14-3-2-4-15-32/h2-31,38,42,47H,1H3/t31?,38?,42?,47-/m0/s1. The maximum absolute atomic E-state index is 6.64. The summed E-state index contributed by atoms with van der Waals surface area (Å²) in [6.07, 6.45) is 20.4. The Labute approximate surface area is 293 Å². The largest absolute Gasteiger partial charge is 0.460 e. The number of hydrogen-bond acceptors (Lipinski definition) is 1. The fourth-order valence-corrected chi connectivity index (χ4v) is 8.95. The van der Waals surface area contributed by atoms with Crippen molar-refractivity contribution in [2.75, 3.05) is 0 Å². The van der Waals surface area contributed by atoms with Crippen LogP contribution in [0, 0.1) is 11.8 Å². The molecule has 0 spiro atoms. The monoisotopic (exact) mass is 640 g/mol. The fourth-order valence-electron chi connectivity index (χ4n) is 8.95. The van der Waals surface area contributed by atoms with Gasteiger partial charge in [-0.2, -0.15) is 0 Å². The van der Waals surface area contributed by atoms with Crippen molar-refractivity contribution in [1.82, 2.24) is 0 Å². The molecule has 0 saturated carbocycles. The van der Waals surface area contributed by atoms with E-state index in [1.165, 1.54) is 72.2 Å². The Bertz CT molecular complexity index is 2510. The normalized spacial score (nSPS) is 21.4. The van der Waals surface area contributed by atoms with Crippen LogP contribution in [0.4, 0.5) is 0 Å². The third-order valence-corrected chi connectivity index (χ3v) is 11.2. The highest BCUT2D eigenvalue weighted by molar-refractivity contribution is 6.02. The second-order valence-electron chi connectivity index (χ2n) is 14.0. The summed E-state index contributed by atoms with van der Waals surface area (Å²) in [7, 11) is 0. The van der Waals surface area contributed by atoms with Crippen molar-refractivity contribution in [3.63, 3.8) is 0 Å². The van der Waals surface area contributed by atoms with Gasteiger partial charge in [0, 0.05) is 34.6 Å². The van der Waals surface area contributed by atoms with Crippen LogP contribution in [0.2, 0.25) is 0 Å². The maximum Gasteiger partial charge on any atom is 0.135 e. The molecular weight excluding hydrogens is 605 g/mol. The van der Waals surface area contributed by atoms with Gasteiger partial charge < -0.3 is 4.42 Å². The van der Waals surface area contributed by atoms with E-state index in [0.29, 0.717) is 5.92 Å². The van der Waals surface area contributed by atoms with Crippen molar-refractivity contribution >= 4 is 22.6 Å². The van der Waals surface area contributed by atoms with Crippen LogP contribution in [0.1, 0.15) is 52.3 Å². The zero-order valence-corrected chi connectivity index (χ0v) is 28.0. The molecule has 0 fully saturated rings. The van der Waals surface area contributed by atoms with Crippen LogP contribution < -0.4 is 0 Å². The van der Waals surface area contributed by atoms with Crippen molar-refractivity contribution in [2.45, 2.75) is 18.8 Å². The molecule has 0 N–H and O–H groups in total. The first-order valence-electron chi connectivity index (χ1n) is 17.8. The minimum absolute atomic E-state index is 0.183. The van der Waals surface area contributed by atoms with Gasteiger partial charge in [0.2, 0.25) is 0 Å². The van der Waals surface area contributed by atoms with Crippen LogP contribution in [0.15, 0.2) is 185 Å². The molecule has 0 amide bonds. The molecule has 1 aromatic heterocycles. The molecule has 0 saturated heterocycles. The van der Waals surface area contributed by atoms with Gasteiger partial charge in [-0.25, -0.2) is 0 Å². The molecular formula is C49H36O. The second-order valence-corrected chi connectivity index (χ2v) is 14.0. The number of rotatable bonds is 4. The van der Waals surface area contributed by atoms with Gasteiger partial charge in [-0.1, -0.05) is 165 Å². The van der Waals surface area contributed by atoms with Gasteiger partial charge in [0.1, 0.15) is 11.3 Å². The van der Waals surface area contributed by atoms with Crippen LogP contribution in [0.5, 0.6) is 0 Å². The highest BCUT2D eigenvalue weighted by Crippen LogP contribution is 2.52. The van der Waals surface area contributed by atoms with Crippen LogP contribution in [-0.2, 0) is 0 Å². The molecule has 50 heavy (non-hydrogen) atoms. The first-order valence-corrected chi connectivity index (χ1v) is 17.8. The Hall–Kier alpha value is -5.92. The zero-order valence-electron chi connectivity index (χ0n) is 28.0. The Balaban J connectivity index is 1.12. The lowest BCUT2D eigenvalue weighted by molar-refractivity contribution is 0.463. The number of allylic oxidation sites excluding steroid dienone is 10. The third-order valence-electron chi connectivity index (χ3n) is 11.2. The zero-order chi connectivity index (χ0) is 33.2. The van der Waals surface area contributed by atoms with Gasteiger partial charge in [-0.3, -0.25) is 0 Å². The summed E-state index contributed by atoms with van der Waals surface area (Å²) in [6, 6.07) is 44.6. The summed E-state index contributed by atoms with van der Waals surface area (Å²) >= 11 is 0. The van der Waals surface area contributed by atoms with E-state index in [0.717, 1.165) is 11.3 Å². The molecule has 1 heterocycles. The predicted octanol–water partition coefficient (Wildman–Crippen LogP) is 12.7. The van der Waals surface area contributed by atoms with Gasteiger partial charge in [0.15, 0.2) is 0 Å². The molecule has 4 atom stereocenters. The van der Waals surface area contributed by atoms with Gasteiger partial charge in [-0.15, -0.1) is 0 Å². The smallest absolute Gasteiger partial charge is 0.135 e. The SMILES string of the molecule is CC1c2oc3cccc(-c4cccc([C@@H]5c6ccccc6C(c6cccc(-c7ccccc7)c6)=C6C=CC=CC65)c4)c3c2C=C2C=CC=CC21. The van der Waals surface area contributed by atoms with E-state index in [1.54, 1.807) is 0 Å². The first-order chi connectivity index (χ1) is 24.7. The van der Waals surface area contributed by atoms with Crippen LogP contribution in [-0.4, -0.2) is 0 Å². The molecule has 0 aliphatic heterocycles. The summed E-state index contributed by atoms with van der Waals surface area (Å²) < 4.78 is 6.64. The van der Waals surface area contributed by atoms with Crippen LogP contribution in [0.25, 0.3) is 44.9 Å². The average Bonchev–Trinajstić information content (AvgIpc) is 3.56. The lowest BCUT2D eigenvalue weighted by Crippen LogP contribution is -2.22. The Kier molecular flexibility index (Phi) is 6.74. The minimum Gasteiger partial charge on any atom is -0.460 e. The summed E-state index contributed by atoms with van der Waals surface area (Å²) in [6.45, 7) is 2.30. The fraction of sp³-hybridized carbons (Fsp3) is 0.102. The molecule has 4 aliphatic carbocycles. The lowest BCUT2D eigenvalue weighted by Gasteiger charge is -2.37. The third kappa shape index (κ3) is 4.54. The molecule has 0 radical (unpaired) electrons. The lowest BCUT2D eigenvalue weighted by atomic mass is 9.66. The summed E-state index contributed by atoms with van der Waals surface area (Å²) in [4.78, 5) is 0. The van der Waals surface area contributed by atoms with E-state index < -0.39 is 0 Å². The molecule has 6 aromatic rings. The van der Waals surface area contributed by atoms with Crippen molar-refractivity contribution in [3.8, 4) is 22.3 Å². The number of benzene rings is 5. The van der Waals surface area contributed by atoms with Gasteiger partial charge in [-0.05, 0) is 79.4 Å². The van der Waals surface area contributed by atoms with E-state index in [9.17, 15) is 0 Å². The molecule has 0 bridgehead atoms. The Morgan fingerprint density at radius 3 is 2.20 bits per heavy atom. The van der Waals surface area contributed by atoms with Gasteiger partial charge >= 0.3 is 0 Å². The summed E-state index contributed by atoms with van der Waals surface area (Å²) in [5.41, 5.74) is 16.5. The van der Waals surface area contributed by atoms with Crippen molar-refractivity contribution in [1.29, 1.82) is 0 Å². The van der Waals surface area contributed by atoms with E-state index in [1.807, 2.05) is 0 Å².